The monoisotopic (exact) mass is 208 g/mol. The van der Waals surface area contributed by atoms with Gasteiger partial charge in [-0.05, 0) is 24.6 Å². The number of benzene rings is 1. The normalized spacial score (nSPS) is 9.40. The summed E-state index contributed by atoms with van der Waals surface area (Å²) >= 11 is 0. The van der Waals surface area contributed by atoms with Crippen molar-refractivity contribution in [3.8, 4) is 0 Å². The minimum Gasteiger partial charge on any atom is -0.351 e. The van der Waals surface area contributed by atoms with Gasteiger partial charge in [-0.2, -0.15) is 0 Å². The summed E-state index contributed by atoms with van der Waals surface area (Å²) in [5.74, 6) is 0. The first kappa shape index (κ1) is 10.8. The lowest BCUT2D eigenvalue weighted by Gasteiger charge is -2.10. The van der Waals surface area contributed by atoms with Crippen molar-refractivity contribution in [2.24, 2.45) is 11.5 Å². The molecule has 0 saturated carbocycles. The molecule has 1 aromatic carbocycles. The lowest BCUT2D eigenvalue weighted by molar-refractivity contribution is 0.258. The molecular formula is C9H12N4O2. The van der Waals surface area contributed by atoms with E-state index in [0.717, 1.165) is 0 Å². The Kier molecular flexibility index (Phi) is 3.12. The molecule has 0 spiro atoms. The highest BCUT2D eigenvalue weighted by Gasteiger charge is 2.06. The third-order valence-electron chi connectivity index (χ3n) is 1.85. The van der Waals surface area contributed by atoms with Gasteiger partial charge in [0.1, 0.15) is 0 Å². The van der Waals surface area contributed by atoms with Crippen LogP contribution < -0.4 is 22.1 Å². The van der Waals surface area contributed by atoms with E-state index in [2.05, 4.69) is 10.6 Å². The molecule has 0 unspecified atom stereocenters. The van der Waals surface area contributed by atoms with E-state index in [0.29, 0.717) is 16.9 Å². The van der Waals surface area contributed by atoms with Crippen molar-refractivity contribution in [2.45, 2.75) is 6.92 Å². The predicted octanol–water partition coefficient (Wildman–Crippen LogP) is 0.976. The highest BCUT2D eigenvalue weighted by Crippen LogP contribution is 2.22. The van der Waals surface area contributed by atoms with Gasteiger partial charge >= 0.3 is 12.1 Å². The second-order valence-corrected chi connectivity index (χ2v) is 2.96. The summed E-state index contributed by atoms with van der Waals surface area (Å²) in [6, 6.07) is 3.70. The minimum atomic E-state index is -0.658. The van der Waals surface area contributed by atoms with Crippen molar-refractivity contribution in [2.75, 3.05) is 10.6 Å². The maximum Gasteiger partial charge on any atom is 0.316 e. The van der Waals surface area contributed by atoms with Crippen LogP contribution >= 0.6 is 0 Å². The van der Waals surface area contributed by atoms with Gasteiger partial charge < -0.3 is 22.1 Å². The molecule has 1 rings (SSSR count). The SMILES string of the molecule is Cc1c(NC(N)=O)cccc1NC(N)=O. The van der Waals surface area contributed by atoms with E-state index >= 15 is 0 Å². The molecule has 1 aromatic rings. The smallest absolute Gasteiger partial charge is 0.316 e. The summed E-state index contributed by atoms with van der Waals surface area (Å²) in [6.07, 6.45) is 0. The van der Waals surface area contributed by atoms with Gasteiger partial charge in [0.15, 0.2) is 0 Å². The molecule has 0 bridgehead atoms. The van der Waals surface area contributed by atoms with Crippen LogP contribution in [0, 0.1) is 6.92 Å². The molecule has 0 aliphatic rings. The standard InChI is InChI=1S/C9H12N4O2/c1-5-6(12-8(10)14)3-2-4-7(5)13-9(11)15/h2-4H,1H3,(H3,10,12,14)(H3,11,13,15). The maximum absolute atomic E-state index is 10.7. The van der Waals surface area contributed by atoms with Gasteiger partial charge in [0.25, 0.3) is 0 Å². The molecule has 0 radical (unpaired) electrons. The molecule has 6 N–H and O–H groups in total. The molecule has 6 heteroatoms. The molecule has 0 aliphatic carbocycles. The van der Waals surface area contributed by atoms with Crippen molar-refractivity contribution in [1.29, 1.82) is 0 Å². The predicted molar refractivity (Wildman–Crippen MR) is 57.6 cm³/mol. The largest absolute Gasteiger partial charge is 0.351 e. The number of carbonyl (C=O) groups excluding carboxylic acids is 2. The van der Waals surface area contributed by atoms with E-state index in [1.807, 2.05) is 0 Å². The maximum atomic E-state index is 10.7. The number of urea groups is 2. The van der Waals surface area contributed by atoms with Gasteiger partial charge in [0.2, 0.25) is 0 Å². The number of hydrogen-bond acceptors (Lipinski definition) is 2. The number of nitrogens with two attached hydrogens (primary N) is 2. The van der Waals surface area contributed by atoms with Crippen LogP contribution in [0.3, 0.4) is 0 Å². The topological polar surface area (TPSA) is 110 Å². The highest BCUT2D eigenvalue weighted by molar-refractivity contribution is 5.93. The Morgan fingerprint density at radius 2 is 1.47 bits per heavy atom. The number of carbonyl (C=O) groups is 2. The van der Waals surface area contributed by atoms with Crippen LogP contribution in [0.4, 0.5) is 21.0 Å². The molecule has 4 amide bonds. The summed E-state index contributed by atoms with van der Waals surface area (Å²) in [5.41, 5.74) is 11.7. The zero-order valence-corrected chi connectivity index (χ0v) is 8.20. The van der Waals surface area contributed by atoms with Crippen LogP contribution in [-0.2, 0) is 0 Å². The van der Waals surface area contributed by atoms with Crippen molar-refractivity contribution >= 4 is 23.4 Å². The van der Waals surface area contributed by atoms with Gasteiger partial charge in [0, 0.05) is 11.4 Å². The Balaban J connectivity index is 2.99. The highest BCUT2D eigenvalue weighted by atomic mass is 16.2. The summed E-state index contributed by atoms with van der Waals surface area (Å²) in [5, 5.41) is 4.87. The first-order valence-corrected chi connectivity index (χ1v) is 4.23. The first-order valence-electron chi connectivity index (χ1n) is 4.23. The lowest BCUT2D eigenvalue weighted by atomic mass is 10.1. The second-order valence-electron chi connectivity index (χ2n) is 2.96. The van der Waals surface area contributed by atoms with Crippen molar-refractivity contribution in [3.05, 3.63) is 23.8 Å². The third kappa shape index (κ3) is 2.87. The van der Waals surface area contributed by atoms with Gasteiger partial charge in [-0.3, -0.25) is 0 Å². The molecule has 0 heterocycles. The van der Waals surface area contributed by atoms with Gasteiger partial charge in [-0.25, -0.2) is 9.59 Å². The van der Waals surface area contributed by atoms with Crippen molar-refractivity contribution in [1.82, 2.24) is 0 Å². The minimum absolute atomic E-state index is 0.536. The van der Waals surface area contributed by atoms with Crippen LogP contribution in [0.5, 0.6) is 0 Å². The summed E-state index contributed by atoms with van der Waals surface area (Å²) < 4.78 is 0. The lowest BCUT2D eigenvalue weighted by Crippen LogP contribution is -2.22. The second kappa shape index (κ2) is 4.32. The Morgan fingerprint density at radius 3 is 1.80 bits per heavy atom. The Hall–Kier alpha value is -2.24. The number of rotatable bonds is 2. The quantitative estimate of drug-likeness (QED) is 0.580. The number of hydrogen-bond donors (Lipinski definition) is 4. The number of anilines is 2. The zero-order valence-electron chi connectivity index (χ0n) is 8.20. The van der Waals surface area contributed by atoms with Gasteiger partial charge in [-0.15, -0.1) is 0 Å². The fourth-order valence-corrected chi connectivity index (χ4v) is 1.17. The number of amides is 4. The molecule has 0 saturated heterocycles. The van der Waals surface area contributed by atoms with Crippen molar-refractivity contribution in [3.63, 3.8) is 0 Å². The molecule has 15 heavy (non-hydrogen) atoms. The van der Waals surface area contributed by atoms with Gasteiger partial charge in [-0.1, -0.05) is 6.07 Å². The zero-order chi connectivity index (χ0) is 11.4. The Morgan fingerprint density at radius 1 is 1.07 bits per heavy atom. The van der Waals surface area contributed by atoms with E-state index in [9.17, 15) is 9.59 Å². The molecule has 0 fully saturated rings. The molecular weight excluding hydrogens is 196 g/mol. The molecule has 0 atom stereocenters. The van der Waals surface area contributed by atoms with Crippen LogP contribution in [0.25, 0.3) is 0 Å². The van der Waals surface area contributed by atoms with Crippen LogP contribution in [0.15, 0.2) is 18.2 Å². The summed E-state index contributed by atoms with van der Waals surface area (Å²) in [7, 11) is 0. The van der Waals surface area contributed by atoms with E-state index in [4.69, 9.17) is 11.5 Å². The Bertz CT molecular complexity index is 369. The average Bonchev–Trinajstić information content (AvgIpc) is 2.10. The van der Waals surface area contributed by atoms with E-state index in [-0.39, 0.29) is 0 Å². The first-order chi connectivity index (χ1) is 7.00. The van der Waals surface area contributed by atoms with Crippen molar-refractivity contribution < 1.29 is 9.59 Å². The van der Waals surface area contributed by atoms with Crippen LogP contribution in [0.2, 0.25) is 0 Å². The summed E-state index contributed by atoms with van der Waals surface area (Å²) in [4.78, 5) is 21.3. The van der Waals surface area contributed by atoms with Gasteiger partial charge in [0.05, 0.1) is 0 Å². The fourth-order valence-electron chi connectivity index (χ4n) is 1.17. The molecule has 6 nitrogen and oxygen atoms in total. The van der Waals surface area contributed by atoms with Crippen LogP contribution in [-0.4, -0.2) is 12.1 Å². The Labute approximate surface area is 86.6 Å². The third-order valence-corrected chi connectivity index (χ3v) is 1.85. The summed E-state index contributed by atoms with van der Waals surface area (Å²) in [6.45, 7) is 1.73. The van der Waals surface area contributed by atoms with E-state index < -0.39 is 12.1 Å². The number of nitrogens with one attached hydrogen (secondary N) is 2. The average molecular weight is 208 g/mol. The fraction of sp³-hybridized carbons (Fsp3) is 0.111. The van der Waals surface area contributed by atoms with Crippen LogP contribution in [0.1, 0.15) is 5.56 Å². The molecule has 0 aliphatic heterocycles. The van der Waals surface area contributed by atoms with E-state index in [1.165, 1.54) is 0 Å². The number of primary amides is 2. The van der Waals surface area contributed by atoms with E-state index in [1.54, 1.807) is 25.1 Å². The molecule has 0 aromatic heterocycles. The molecule has 80 valence electrons.